The van der Waals surface area contributed by atoms with E-state index in [1.54, 1.807) is 15.9 Å². The van der Waals surface area contributed by atoms with Crippen LogP contribution in [0.25, 0.3) is 21.7 Å². The maximum Gasteiger partial charge on any atom is 0.257 e. The predicted molar refractivity (Wildman–Crippen MR) is 158 cm³/mol. The Kier molecular flexibility index (Phi) is 8.10. The first-order valence-corrected chi connectivity index (χ1v) is 14.1. The lowest BCUT2D eigenvalue weighted by Crippen LogP contribution is -2.30. The zero-order valence-corrected chi connectivity index (χ0v) is 23.0. The maximum atomic E-state index is 13.9. The minimum atomic E-state index is -0.0338. The number of hydrogen-bond donors (Lipinski definition) is 0. The number of thiazole rings is 1. The molecule has 194 valence electrons. The second kappa shape index (κ2) is 12.0. The predicted octanol–water partition coefficient (Wildman–Crippen LogP) is 7.20. The van der Waals surface area contributed by atoms with Crippen LogP contribution in [0, 0.1) is 18.3 Å². The molecule has 0 unspecified atom stereocenters. The van der Waals surface area contributed by atoms with E-state index in [-0.39, 0.29) is 5.56 Å². The molecule has 5 nitrogen and oxygen atoms in total. The third-order valence-corrected chi connectivity index (χ3v) is 7.81. The Morgan fingerprint density at radius 3 is 2.36 bits per heavy atom. The lowest BCUT2D eigenvalue weighted by Gasteiger charge is -2.15. The molecular formula is C33H30N4OS. The van der Waals surface area contributed by atoms with Crippen LogP contribution in [0.3, 0.4) is 0 Å². The summed E-state index contributed by atoms with van der Waals surface area (Å²) in [6.45, 7) is 4.41. The van der Waals surface area contributed by atoms with Crippen molar-refractivity contribution in [3.8, 4) is 27.8 Å². The molecule has 0 bridgehead atoms. The van der Waals surface area contributed by atoms with E-state index in [1.165, 1.54) is 0 Å². The van der Waals surface area contributed by atoms with E-state index in [0.29, 0.717) is 29.9 Å². The molecule has 5 aromatic rings. The van der Waals surface area contributed by atoms with Gasteiger partial charge in [0.2, 0.25) is 0 Å². The molecular weight excluding hydrogens is 500 g/mol. The molecule has 0 fully saturated rings. The second-order valence-electron chi connectivity index (χ2n) is 9.62. The van der Waals surface area contributed by atoms with E-state index in [1.807, 2.05) is 91.2 Å². The molecule has 2 heterocycles. The van der Waals surface area contributed by atoms with Crippen molar-refractivity contribution in [3.63, 3.8) is 0 Å². The van der Waals surface area contributed by atoms with Crippen LogP contribution in [0.5, 0.6) is 0 Å². The number of unbranched alkanes of at least 4 members (excludes halogenated alkanes) is 1. The summed E-state index contributed by atoms with van der Waals surface area (Å²) in [5.41, 5.74) is 6.85. The number of benzene rings is 3. The van der Waals surface area contributed by atoms with Gasteiger partial charge in [-0.25, -0.2) is 9.97 Å². The van der Waals surface area contributed by atoms with Crippen molar-refractivity contribution < 1.29 is 0 Å². The number of aryl methyl sites for hydroxylation is 2. The van der Waals surface area contributed by atoms with Gasteiger partial charge in [0.1, 0.15) is 10.8 Å². The van der Waals surface area contributed by atoms with Crippen molar-refractivity contribution in [1.82, 2.24) is 14.5 Å². The summed E-state index contributed by atoms with van der Waals surface area (Å²) < 4.78 is 1.73. The Bertz CT molecular complexity index is 1680. The average molecular weight is 531 g/mol. The van der Waals surface area contributed by atoms with E-state index in [9.17, 15) is 10.1 Å². The van der Waals surface area contributed by atoms with Crippen LogP contribution in [-0.4, -0.2) is 14.5 Å². The number of rotatable bonds is 9. The Hall–Kier alpha value is -4.34. The Morgan fingerprint density at radius 2 is 1.67 bits per heavy atom. The molecule has 0 radical (unpaired) electrons. The summed E-state index contributed by atoms with van der Waals surface area (Å²) in [6, 6.07) is 28.2. The Morgan fingerprint density at radius 1 is 0.949 bits per heavy atom. The van der Waals surface area contributed by atoms with Crippen molar-refractivity contribution in [3.05, 3.63) is 128 Å². The highest BCUT2D eigenvalue weighted by Crippen LogP contribution is 2.26. The Balaban J connectivity index is 1.50. The molecule has 0 aliphatic carbocycles. The van der Waals surface area contributed by atoms with Gasteiger partial charge < -0.3 is 0 Å². The van der Waals surface area contributed by atoms with Crippen LogP contribution < -0.4 is 5.56 Å². The minimum absolute atomic E-state index is 0.0338. The summed E-state index contributed by atoms with van der Waals surface area (Å²) >= 11 is 1.58. The summed E-state index contributed by atoms with van der Waals surface area (Å²) in [6.07, 6.45) is 3.17. The molecule has 0 N–H and O–H groups in total. The van der Waals surface area contributed by atoms with E-state index >= 15 is 0 Å². The van der Waals surface area contributed by atoms with Gasteiger partial charge in [-0.15, -0.1) is 11.3 Å². The molecule has 0 aliphatic rings. The van der Waals surface area contributed by atoms with Crippen LogP contribution in [0.2, 0.25) is 0 Å². The average Bonchev–Trinajstić information content (AvgIpc) is 3.45. The first-order chi connectivity index (χ1) is 19.1. The fourth-order valence-electron chi connectivity index (χ4n) is 4.79. The van der Waals surface area contributed by atoms with Crippen molar-refractivity contribution in [2.45, 2.75) is 46.1 Å². The molecule has 0 aliphatic heterocycles. The highest BCUT2D eigenvalue weighted by molar-refractivity contribution is 7.13. The monoisotopic (exact) mass is 530 g/mol. The van der Waals surface area contributed by atoms with Crippen LogP contribution >= 0.6 is 11.3 Å². The minimum Gasteiger partial charge on any atom is -0.291 e. The fraction of sp³-hybridized carbons (Fsp3) is 0.212. The molecule has 0 spiro atoms. The topological polar surface area (TPSA) is 71.6 Å². The van der Waals surface area contributed by atoms with E-state index < -0.39 is 0 Å². The lowest BCUT2D eigenvalue weighted by molar-refractivity contribution is 0.655. The zero-order valence-electron chi connectivity index (χ0n) is 22.2. The first-order valence-electron chi connectivity index (χ1n) is 13.2. The fourth-order valence-corrected chi connectivity index (χ4v) is 5.61. The summed E-state index contributed by atoms with van der Waals surface area (Å²) in [5.74, 6) is 0.696. The van der Waals surface area contributed by atoms with Gasteiger partial charge >= 0.3 is 0 Å². The van der Waals surface area contributed by atoms with Crippen molar-refractivity contribution >= 4 is 11.3 Å². The van der Waals surface area contributed by atoms with E-state index in [2.05, 4.69) is 13.0 Å². The highest BCUT2D eigenvalue weighted by Gasteiger charge is 2.17. The van der Waals surface area contributed by atoms with Crippen molar-refractivity contribution in [2.75, 3.05) is 0 Å². The molecule has 6 heteroatoms. The first kappa shape index (κ1) is 26.3. The van der Waals surface area contributed by atoms with Gasteiger partial charge in [0.25, 0.3) is 5.56 Å². The van der Waals surface area contributed by atoms with Crippen LogP contribution in [0.1, 0.15) is 53.7 Å². The number of hydrogen-bond acceptors (Lipinski definition) is 5. The number of nitriles is 1. The molecule has 39 heavy (non-hydrogen) atoms. The third-order valence-electron chi connectivity index (χ3n) is 6.87. The standard InChI is InChI=1S/C33H30N4OS/c1-3-4-15-31-30(19-24-16-17-29(27(18-24)20-34)25-11-7-5-8-12-25)33(38)37(23(2)35-31)21-28-22-39-32(36-28)26-13-9-6-10-14-26/h5-14,16-18,22H,3-4,15,19,21H2,1-2H3. The van der Waals surface area contributed by atoms with Crippen molar-refractivity contribution in [2.24, 2.45) is 0 Å². The van der Waals surface area contributed by atoms with E-state index in [4.69, 9.17) is 9.97 Å². The SMILES string of the molecule is CCCCc1nc(C)n(Cc2csc(-c3ccccc3)n2)c(=O)c1Cc1ccc(-c2ccccc2)c(C#N)c1. The normalized spacial score (nSPS) is 10.9. The second-order valence-corrected chi connectivity index (χ2v) is 10.5. The molecule has 5 rings (SSSR count). The van der Waals surface area contributed by atoms with Crippen LogP contribution in [0.4, 0.5) is 0 Å². The van der Waals surface area contributed by atoms with Gasteiger partial charge in [-0.2, -0.15) is 5.26 Å². The highest BCUT2D eigenvalue weighted by atomic mass is 32.1. The van der Waals surface area contributed by atoms with Crippen LogP contribution in [-0.2, 0) is 19.4 Å². The summed E-state index contributed by atoms with van der Waals surface area (Å²) in [7, 11) is 0. The van der Waals surface area contributed by atoms with Gasteiger partial charge in [-0.05, 0) is 42.5 Å². The summed E-state index contributed by atoms with van der Waals surface area (Å²) in [4.78, 5) is 23.6. The van der Waals surface area contributed by atoms with E-state index in [0.717, 1.165) is 57.9 Å². The van der Waals surface area contributed by atoms with Crippen molar-refractivity contribution in [1.29, 1.82) is 5.26 Å². The maximum absolute atomic E-state index is 13.9. The number of nitrogens with zero attached hydrogens (tertiary/aromatic N) is 4. The lowest BCUT2D eigenvalue weighted by atomic mass is 9.95. The quantitative estimate of drug-likeness (QED) is 0.202. The smallest absolute Gasteiger partial charge is 0.257 e. The van der Waals surface area contributed by atoms with Gasteiger partial charge in [0, 0.05) is 22.9 Å². The largest absolute Gasteiger partial charge is 0.291 e. The van der Waals surface area contributed by atoms with Crippen LogP contribution in [0.15, 0.2) is 89.0 Å². The molecule has 3 aromatic carbocycles. The molecule has 0 saturated carbocycles. The van der Waals surface area contributed by atoms with Gasteiger partial charge in [0.15, 0.2) is 0 Å². The Labute approximate surface area is 233 Å². The zero-order chi connectivity index (χ0) is 27.2. The molecule has 2 aromatic heterocycles. The van der Waals surface area contributed by atoms with Gasteiger partial charge in [-0.1, -0.05) is 86.1 Å². The number of aromatic nitrogens is 3. The van der Waals surface area contributed by atoms with Gasteiger partial charge in [0.05, 0.1) is 29.6 Å². The molecule has 0 atom stereocenters. The summed E-state index contributed by atoms with van der Waals surface area (Å²) in [5, 5.41) is 12.8. The molecule has 0 saturated heterocycles. The molecule has 0 amide bonds. The third kappa shape index (κ3) is 5.89. The van der Waals surface area contributed by atoms with Gasteiger partial charge in [-0.3, -0.25) is 9.36 Å².